The van der Waals surface area contributed by atoms with Gasteiger partial charge in [-0.05, 0) is 13.0 Å². The van der Waals surface area contributed by atoms with Crippen LogP contribution in [0.1, 0.15) is 24.9 Å². The summed E-state index contributed by atoms with van der Waals surface area (Å²) < 4.78 is 0. The van der Waals surface area contributed by atoms with Crippen molar-refractivity contribution in [3.05, 3.63) is 23.8 Å². The van der Waals surface area contributed by atoms with Gasteiger partial charge in [-0.25, -0.2) is 9.97 Å². The van der Waals surface area contributed by atoms with Crippen molar-refractivity contribution < 1.29 is 4.79 Å². The number of rotatable bonds is 2. The number of piperidine rings is 1. The third-order valence-corrected chi connectivity index (χ3v) is 2.98. The Bertz CT molecular complexity index is 392. The molecule has 2 heterocycles. The van der Waals surface area contributed by atoms with E-state index in [9.17, 15) is 4.79 Å². The van der Waals surface area contributed by atoms with Crippen LogP contribution in [-0.2, 0) is 11.3 Å². The fourth-order valence-corrected chi connectivity index (χ4v) is 2.06. The van der Waals surface area contributed by atoms with Crippen LogP contribution in [0, 0.1) is 12.8 Å². The Kier molecular flexibility index (Phi) is 3.29. The molecule has 1 saturated heterocycles. The minimum Gasteiger partial charge on any atom is -0.299 e. The van der Waals surface area contributed by atoms with Crippen molar-refractivity contribution in [2.75, 3.05) is 13.1 Å². The topological polar surface area (TPSA) is 46.1 Å². The van der Waals surface area contributed by atoms with Crippen LogP contribution in [-0.4, -0.2) is 33.7 Å². The lowest BCUT2D eigenvalue weighted by atomic mass is 9.98. The van der Waals surface area contributed by atoms with Crippen LogP contribution in [0.25, 0.3) is 0 Å². The van der Waals surface area contributed by atoms with Crippen molar-refractivity contribution >= 4 is 5.78 Å². The SMILES string of the molecule is Cc1nccc(CN2CCC(=O)C(C)C2)n1. The number of aromatic nitrogens is 2. The molecule has 2 rings (SSSR count). The standard InChI is InChI=1S/C12H17N3O/c1-9-7-15(6-4-12(9)16)8-11-3-5-13-10(2)14-11/h3,5,9H,4,6-8H2,1-2H3. The van der Waals surface area contributed by atoms with E-state index in [4.69, 9.17) is 0 Å². The van der Waals surface area contributed by atoms with Gasteiger partial charge >= 0.3 is 0 Å². The second-order valence-electron chi connectivity index (χ2n) is 4.45. The molecular weight excluding hydrogens is 202 g/mol. The third-order valence-electron chi connectivity index (χ3n) is 2.98. The van der Waals surface area contributed by atoms with Crippen LogP contribution in [0.2, 0.25) is 0 Å². The van der Waals surface area contributed by atoms with Gasteiger partial charge in [0.15, 0.2) is 0 Å². The smallest absolute Gasteiger partial charge is 0.138 e. The Morgan fingerprint density at radius 3 is 3.06 bits per heavy atom. The highest BCUT2D eigenvalue weighted by atomic mass is 16.1. The number of hydrogen-bond donors (Lipinski definition) is 0. The van der Waals surface area contributed by atoms with Gasteiger partial charge in [-0.1, -0.05) is 6.92 Å². The van der Waals surface area contributed by atoms with Crippen molar-refractivity contribution in [3.63, 3.8) is 0 Å². The fraction of sp³-hybridized carbons (Fsp3) is 0.583. The molecule has 1 unspecified atom stereocenters. The quantitative estimate of drug-likeness (QED) is 0.749. The highest BCUT2D eigenvalue weighted by molar-refractivity contribution is 5.81. The maximum atomic E-state index is 11.4. The summed E-state index contributed by atoms with van der Waals surface area (Å²) in [6.45, 7) is 6.42. The molecular formula is C12H17N3O. The molecule has 1 aromatic rings. The van der Waals surface area contributed by atoms with Gasteiger partial charge in [0, 0.05) is 38.2 Å². The van der Waals surface area contributed by atoms with Gasteiger partial charge < -0.3 is 0 Å². The van der Waals surface area contributed by atoms with E-state index in [0.29, 0.717) is 12.2 Å². The summed E-state index contributed by atoms with van der Waals surface area (Å²) in [6, 6.07) is 1.94. The molecule has 0 spiro atoms. The van der Waals surface area contributed by atoms with Gasteiger partial charge in [0.25, 0.3) is 0 Å². The van der Waals surface area contributed by atoms with Gasteiger partial charge in [0.2, 0.25) is 0 Å². The van der Waals surface area contributed by atoms with Gasteiger partial charge in [0.05, 0.1) is 5.69 Å². The van der Waals surface area contributed by atoms with Gasteiger partial charge in [-0.2, -0.15) is 0 Å². The predicted octanol–water partition coefficient (Wildman–Crippen LogP) is 1.20. The molecule has 86 valence electrons. The molecule has 1 atom stereocenters. The largest absolute Gasteiger partial charge is 0.299 e. The fourth-order valence-electron chi connectivity index (χ4n) is 2.06. The van der Waals surface area contributed by atoms with E-state index in [2.05, 4.69) is 14.9 Å². The molecule has 1 fully saturated rings. The van der Waals surface area contributed by atoms with Gasteiger partial charge in [-0.3, -0.25) is 9.69 Å². The van der Waals surface area contributed by atoms with Crippen molar-refractivity contribution in [3.8, 4) is 0 Å². The Hall–Kier alpha value is -1.29. The van der Waals surface area contributed by atoms with Crippen LogP contribution in [0.4, 0.5) is 0 Å². The highest BCUT2D eigenvalue weighted by Crippen LogP contribution is 2.14. The monoisotopic (exact) mass is 219 g/mol. The molecule has 4 heteroatoms. The molecule has 1 aromatic heterocycles. The first kappa shape index (κ1) is 11.2. The Balaban J connectivity index is 1.98. The molecule has 0 aliphatic carbocycles. The minimum absolute atomic E-state index is 0.164. The molecule has 0 aromatic carbocycles. The van der Waals surface area contributed by atoms with Crippen LogP contribution < -0.4 is 0 Å². The highest BCUT2D eigenvalue weighted by Gasteiger charge is 2.23. The van der Waals surface area contributed by atoms with Crippen LogP contribution in [0.5, 0.6) is 0 Å². The molecule has 0 N–H and O–H groups in total. The maximum absolute atomic E-state index is 11.4. The van der Waals surface area contributed by atoms with E-state index < -0.39 is 0 Å². The van der Waals surface area contributed by atoms with Crippen molar-refractivity contribution in [2.24, 2.45) is 5.92 Å². The van der Waals surface area contributed by atoms with Crippen molar-refractivity contribution in [1.82, 2.24) is 14.9 Å². The second-order valence-corrected chi connectivity index (χ2v) is 4.45. The average Bonchev–Trinajstić information content (AvgIpc) is 2.24. The number of Topliss-reactive ketones (excluding diaryl/α,β-unsaturated/α-hetero) is 1. The number of carbonyl (C=O) groups is 1. The van der Waals surface area contributed by atoms with E-state index in [1.165, 1.54) is 0 Å². The zero-order chi connectivity index (χ0) is 11.5. The molecule has 0 amide bonds. The van der Waals surface area contributed by atoms with Crippen LogP contribution in [0.15, 0.2) is 12.3 Å². The lowest BCUT2D eigenvalue weighted by Crippen LogP contribution is -2.39. The molecule has 0 saturated carbocycles. The Morgan fingerprint density at radius 2 is 2.38 bits per heavy atom. The second kappa shape index (κ2) is 4.70. The van der Waals surface area contributed by atoms with Crippen molar-refractivity contribution in [2.45, 2.75) is 26.8 Å². The zero-order valence-corrected chi connectivity index (χ0v) is 9.81. The summed E-state index contributed by atoms with van der Waals surface area (Å²) in [5, 5.41) is 0. The first-order valence-electron chi connectivity index (χ1n) is 5.69. The van der Waals surface area contributed by atoms with E-state index in [1.807, 2.05) is 19.9 Å². The summed E-state index contributed by atoms with van der Waals surface area (Å²) in [5.41, 5.74) is 1.04. The van der Waals surface area contributed by atoms with Gasteiger partial charge in [-0.15, -0.1) is 0 Å². The summed E-state index contributed by atoms with van der Waals surface area (Å²) >= 11 is 0. The lowest BCUT2D eigenvalue weighted by Gasteiger charge is -2.29. The summed E-state index contributed by atoms with van der Waals surface area (Å²) in [5.74, 6) is 1.35. The van der Waals surface area contributed by atoms with E-state index in [1.54, 1.807) is 6.20 Å². The maximum Gasteiger partial charge on any atom is 0.138 e. The number of carbonyl (C=O) groups excluding carboxylic acids is 1. The molecule has 0 radical (unpaired) electrons. The Morgan fingerprint density at radius 1 is 1.56 bits per heavy atom. The van der Waals surface area contributed by atoms with Crippen LogP contribution >= 0.6 is 0 Å². The first-order valence-corrected chi connectivity index (χ1v) is 5.69. The van der Waals surface area contributed by atoms with Crippen molar-refractivity contribution in [1.29, 1.82) is 0 Å². The molecule has 16 heavy (non-hydrogen) atoms. The molecule has 1 aliphatic rings. The number of hydrogen-bond acceptors (Lipinski definition) is 4. The summed E-state index contributed by atoms with van der Waals surface area (Å²) in [6.07, 6.45) is 2.46. The summed E-state index contributed by atoms with van der Waals surface area (Å²) in [4.78, 5) is 22.1. The molecule has 4 nitrogen and oxygen atoms in total. The number of likely N-dealkylation sites (tertiary alicyclic amines) is 1. The number of aryl methyl sites for hydroxylation is 1. The first-order chi connectivity index (χ1) is 7.65. The molecule has 1 aliphatic heterocycles. The normalized spacial score (nSPS) is 22.4. The molecule has 0 bridgehead atoms. The summed E-state index contributed by atoms with van der Waals surface area (Å²) in [7, 11) is 0. The van der Waals surface area contributed by atoms with E-state index >= 15 is 0 Å². The number of ketones is 1. The lowest BCUT2D eigenvalue weighted by molar-refractivity contribution is -0.125. The van der Waals surface area contributed by atoms with E-state index in [0.717, 1.165) is 31.2 Å². The number of nitrogens with zero attached hydrogens (tertiary/aromatic N) is 3. The average molecular weight is 219 g/mol. The third kappa shape index (κ3) is 2.64. The van der Waals surface area contributed by atoms with E-state index in [-0.39, 0.29) is 5.92 Å². The predicted molar refractivity (Wildman–Crippen MR) is 60.8 cm³/mol. The van der Waals surface area contributed by atoms with Crippen LogP contribution in [0.3, 0.4) is 0 Å². The Labute approximate surface area is 95.7 Å². The van der Waals surface area contributed by atoms with Gasteiger partial charge in [0.1, 0.15) is 11.6 Å². The minimum atomic E-state index is 0.164. The zero-order valence-electron chi connectivity index (χ0n) is 9.81.